The molecular weight excluding hydrogens is 442 g/mol. The van der Waals surface area contributed by atoms with E-state index in [0.717, 1.165) is 22.2 Å². The van der Waals surface area contributed by atoms with Crippen molar-refractivity contribution in [2.45, 2.75) is 32.4 Å². The molecule has 1 unspecified atom stereocenters. The fraction of sp³-hybridized carbons (Fsp3) is 0.250. The number of fused-ring (bicyclic) bond motifs is 2. The van der Waals surface area contributed by atoms with Crippen LogP contribution in [-0.2, 0) is 17.8 Å². The molecule has 0 aliphatic carbocycles. The maximum atomic E-state index is 13.4. The molecule has 0 spiro atoms. The Hall–Kier alpha value is -4.13. The van der Waals surface area contributed by atoms with Crippen molar-refractivity contribution in [1.29, 1.82) is 0 Å². The topological polar surface area (TPSA) is 82.5 Å². The zero-order valence-corrected chi connectivity index (χ0v) is 19.6. The van der Waals surface area contributed by atoms with Crippen LogP contribution in [-0.4, -0.2) is 34.7 Å². The first kappa shape index (κ1) is 22.7. The van der Waals surface area contributed by atoms with E-state index >= 15 is 0 Å². The summed E-state index contributed by atoms with van der Waals surface area (Å²) in [5.74, 6) is 1.22. The number of aryl methyl sites for hydroxylation is 2. The Morgan fingerprint density at radius 2 is 1.77 bits per heavy atom. The van der Waals surface area contributed by atoms with Gasteiger partial charge in [0.2, 0.25) is 5.91 Å². The Kier molecular flexibility index (Phi) is 6.48. The molecular formula is C28H27N3O4. The lowest BCUT2D eigenvalue weighted by Crippen LogP contribution is -2.41. The molecule has 1 aliphatic heterocycles. The lowest BCUT2D eigenvalue weighted by molar-refractivity contribution is -0.121. The van der Waals surface area contributed by atoms with E-state index in [1.54, 1.807) is 4.57 Å². The van der Waals surface area contributed by atoms with Crippen molar-refractivity contribution in [3.63, 3.8) is 0 Å². The molecule has 0 bridgehead atoms. The van der Waals surface area contributed by atoms with Crippen LogP contribution in [0.1, 0.15) is 23.2 Å². The molecule has 1 amide bonds. The fourth-order valence-corrected chi connectivity index (χ4v) is 4.23. The van der Waals surface area contributed by atoms with Crippen LogP contribution in [0.2, 0.25) is 0 Å². The van der Waals surface area contributed by atoms with Crippen molar-refractivity contribution in [2.24, 2.45) is 0 Å². The van der Waals surface area contributed by atoms with Crippen LogP contribution in [0.5, 0.6) is 11.5 Å². The van der Waals surface area contributed by atoms with Crippen LogP contribution in [0, 0.1) is 6.92 Å². The molecule has 1 aromatic heterocycles. The van der Waals surface area contributed by atoms with E-state index in [9.17, 15) is 9.59 Å². The molecule has 3 aromatic carbocycles. The number of rotatable bonds is 7. The van der Waals surface area contributed by atoms with Crippen LogP contribution in [0.25, 0.3) is 11.0 Å². The molecule has 1 aliphatic rings. The lowest BCUT2D eigenvalue weighted by Gasteiger charge is -2.26. The first-order valence-corrected chi connectivity index (χ1v) is 11.8. The second-order valence-electron chi connectivity index (χ2n) is 8.67. The maximum absolute atomic E-state index is 13.4. The Morgan fingerprint density at radius 1 is 1.03 bits per heavy atom. The summed E-state index contributed by atoms with van der Waals surface area (Å²) in [5, 5.41) is 2.89. The number of aromatic nitrogens is 2. The largest absolute Gasteiger partial charge is 0.486 e. The predicted octanol–water partition coefficient (Wildman–Crippen LogP) is 3.64. The number of nitrogens with one attached hydrogen (secondary N) is 1. The van der Waals surface area contributed by atoms with Gasteiger partial charge in [-0.15, -0.1) is 0 Å². The Morgan fingerprint density at radius 3 is 2.63 bits per heavy atom. The number of hydrogen-bond donors (Lipinski definition) is 1. The summed E-state index contributed by atoms with van der Waals surface area (Å²) >= 11 is 0. The Labute approximate surface area is 203 Å². The number of benzene rings is 3. The van der Waals surface area contributed by atoms with E-state index in [0.29, 0.717) is 36.9 Å². The van der Waals surface area contributed by atoms with Crippen molar-refractivity contribution in [2.75, 3.05) is 13.2 Å². The molecule has 1 N–H and O–H groups in total. The monoisotopic (exact) mass is 469 g/mol. The molecule has 5 rings (SSSR count). The van der Waals surface area contributed by atoms with Gasteiger partial charge in [0.05, 0.1) is 24.1 Å². The van der Waals surface area contributed by atoms with E-state index in [2.05, 4.69) is 10.3 Å². The number of carbonyl (C=O) groups is 1. The van der Waals surface area contributed by atoms with Crippen LogP contribution >= 0.6 is 0 Å². The minimum absolute atomic E-state index is 0.160. The summed E-state index contributed by atoms with van der Waals surface area (Å²) in [7, 11) is 0. The molecule has 1 atom stereocenters. The number of hydrogen-bond acceptors (Lipinski definition) is 5. The summed E-state index contributed by atoms with van der Waals surface area (Å²) in [4.78, 5) is 30.5. The molecule has 7 heteroatoms. The van der Waals surface area contributed by atoms with Gasteiger partial charge in [0.15, 0.2) is 11.5 Å². The van der Waals surface area contributed by atoms with Gasteiger partial charge in [0.25, 0.3) is 5.56 Å². The number of carbonyl (C=O) groups excluding carboxylic acids is 1. The second-order valence-corrected chi connectivity index (χ2v) is 8.67. The average molecular weight is 470 g/mol. The summed E-state index contributed by atoms with van der Waals surface area (Å²) in [5.41, 5.74) is 3.94. The van der Waals surface area contributed by atoms with Gasteiger partial charge in [0, 0.05) is 12.8 Å². The Bertz CT molecular complexity index is 1430. The first-order valence-electron chi connectivity index (χ1n) is 11.8. The molecule has 2 heterocycles. The average Bonchev–Trinajstić information content (AvgIpc) is 2.89. The molecule has 178 valence electrons. The number of para-hydroxylation sites is 4. The van der Waals surface area contributed by atoms with Gasteiger partial charge in [-0.2, -0.15) is 0 Å². The maximum Gasteiger partial charge on any atom is 0.273 e. The van der Waals surface area contributed by atoms with Crippen molar-refractivity contribution < 1.29 is 14.3 Å². The standard InChI is InChI=1S/C28H27N3O4/c1-19-8-2-3-9-20(19)17-31-24-11-5-4-10-22(24)30-23(28(31)33)14-15-27(32)29-16-21-18-34-25-12-6-7-13-26(25)35-21/h2-13,21H,14-18H2,1H3,(H,29,32). The highest BCUT2D eigenvalue weighted by atomic mass is 16.6. The zero-order valence-electron chi connectivity index (χ0n) is 19.6. The highest BCUT2D eigenvalue weighted by Crippen LogP contribution is 2.30. The van der Waals surface area contributed by atoms with Gasteiger partial charge in [0.1, 0.15) is 18.4 Å². The van der Waals surface area contributed by atoms with Gasteiger partial charge in [-0.25, -0.2) is 4.98 Å². The number of ether oxygens (including phenoxy) is 2. The molecule has 35 heavy (non-hydrogen) atoms. The van der Waals surface area contributed by atoms with Crippen molar-refractivity contribution in [3.8, 4) is 11.5 Å². The van der Waals surface area contributed by atoms with E-state index in [4.69, 9.17) is 9.47 Å². The third kappa shape index (κ3) is 5.04. The summed E-state index contributed by atoms with van der Waals surface area (Å²) in [6.45, 7) is 3.19. The molecule has 0 fully saturated rings. The third-order valence-electron chi connectivity index (χ3n) is 6.19. The minimum atomic E-state index is -0.265. The number of nitrogens with zero attached hydrogens (tertiary/aromatic N) is 2. The van der Waals surface area contributed by atoms with Crippen LogP contribution in [0.3, 0.4) is 0 Å². The molecule has 4 aromatic rings. The van der Waals surface area contributed by atoms with E-state index in [1.807, 2.05) is 79.7 Å². The number of amides is 1. The van der Waals surface area contributed by atoms with Gasteiger partial charge in [-0.05, 0) is 42.3 Å². The zero-order chi connectivity index (χ0) is 24.2. The second kappa shape index (κ2) is 10.0. The predicted molar refractivity (Wildman–Crippen MR) is 134 cm³/mol. The van der Waals surface area contributed by atoms with Crippen LogP contribution < -0.4 is 20.3 Å². The summed E-state index contributed by atoms with van der Waals surface area (Å²) in [6, 6.07) is 23.1. The smallest absolute Gasteiger partial charge is 0.273 e. The van der Waals surface area contributed by atoms with E-state index in [-0.39, 0.29) is 30.4 Å². The third-order valence-corrected chi connectivity index (χ3v) is 6.19. The Balaban J connectivity index is 1.27. The van der Waals surface area contributed by atoms with Crippen molar-refractivity contribution >= 4 is 16.9 Å². The normalized spacial score (nSPS) is 14.6. The summed E-state index contributed by atoms with van der Waals surface area (Å²) < 4.78 is 13.3. The van der Waals surface area contributed by atoms with Gasteiger partial charge < -0.3 is 19.4 Å². The highest BCUT2D eigenvalue weighted by Gasteiger charge is 2.21. The van der Waals surface area contributed by atoms with Crippen LogP contribution in [0.15, 0.2) is 77.6 Å². The minimum Gasteiger partial charge on any atom is -0.486 e. The highest BCUT2D eigenvalue weighted by molar-refractivity contribution is 5.77. The molecule has 0 saturated carbocycles. The van der Waals surface area contributed by atoms with Gasteiger partial charge in [-0.1, -0.05) is 48.5 Å². The van der Waals surface area contributed by atoms with Crippen molar-refractivity contribution in [3.05, 3.63) is 100.0 Å². The van der Waals surface area contributed by atoms with Gasteiger partial charge >= 0.3 is 0 Å². The van der Waals surface area contributed by atoms with Gasteiger partial charge in [-0.3, -0.25) is 9.59 Å². The molecule has 7 nitrogen and oxygen atoms in total. The summed E-state index contributed by atoms with van der Waals surface area (Å²) in [6.07, 6.45) is 0.155. The molecule has 0 radical (unpaired) electrons. The fourth-order valence-electron chi connectivity index (χ4n) is 4.23. The SMILES string of the molecule is Cc1ccccc1Cn1c(=O)c(CCC(=O)NCC2COc3ccccc3O2)nc2ccccc21. The van der Waals surface area contributed by atoms with Crippen LogP contribution in [0.4, 0.5) is 0 Å². The quantitative estimate of drug-likeness (QED) is 0.447. The van der Waals surface area contributed by atoms with Crippen molar-refractivity contribution in [1.82, 2.24) is 14.9 Å². The van der Waals surface area contributed by atoms with E-state index in [1.165, 1.54) is 0 Å². The lowest BCUT2D eigenvalue weighted by atomic mass is 10.1. The first-order chi connectivity index (χ1) is 17.1. The van der Waals surface area contributed by atoms with E-state index < -0.39 is 0 Å². The molecule has 0 saturated heterocycles.